The Morgan fingerprint density at radius 1 is 0.578 bits per heavy atom. The molecule has 7 aromatic rings. The van der Waals surface area contributed by atoms with E-state index in [0.29, 0.717) is 0 Å². The fraction of sp³-hybridized carbons (Fsp3) is 0.0500. The fourth-order valence-corrected chi connectivity index (χ4v) is 6.50. The molecular weight excluding hydrogens is 552 g/mol. The second-order valence-corrected chi connectivity index (χ2v) is 11.5. The predicted octanol–water partition coefficient (Wildman–Crippen LogP) is 9.17. The molecular formula is C40H28N4O. The molecule has 9 rings (SSSR count). The molecule has 0 saturated heterocycles. The van der Waals surface area contributed by atoms with E-state index < -0.39 is 6.17 Å². The summed E-state index contributed by atoms with van der Waals surface area (Å²) in [5, 5.41) is 13.0. The third-order valence-corrected chi connectivity index (χ3v) is 8.78. The number of rotatable bonds is 4. The normalized spacial score (nSPS) is 17.4. The third-order valence-electron chi connectivity index (χ3n) is 8.78. The van der Waals surface area contributed by atoms with E-state index in [2.05, 4.69) is 126 Å². The summed E-state index contributed by atoms with van der Waals surface area (Å²) in [5.41, 5.74) is 6.26. The molecule has 0 fully saturated rings. The molecule has 0 spiro atoms. The first kappa shape index (κ1) is 25.5. The number of hydrogen-bond acceptors (Lipinski definition) is 5. The first-order valence-corrected chi connectivity index (χ1v) is 15.2. The van der Waals surface area contributed by atoms with Crippen molar-refractivity contribution in [2.75, 3.05) is 0 Å². The highest BCUT2D eigenvalue weighted by Crippen LogP contribution is 2.38. The zero-order valence-corrected chi connectivity index (χ0v) is 24.3. The van der Waals surface area contributed by atoms with E-state index in [9.17, 15) is 0 Å². The highest BCUT2D eigenvalue weighted by atomic mass is 16.3. The molecule has 2 atom stereocenters. The van der Waals surface area contributed by atoms with E-state index in [1.807, 2.05) is 30.5 Å². The van der Waals surface area contributed by atoms with E-state index in [1.54, 1.807) is 0 Å². The summed E-state index contributed by atoms with van der Waals surface area (Å²) in [5.74, 6) is 2.43. The van der Waals surface area contributed by atoms with Crippen molar-refractivity contribution >= 4 is 50.3 Å². The second-order valence-electron chi connectivity index (χ2n) is 11.5. The van der Waals surface area contributed by atoms with Gasteiger partial charge in [0, 0.05) is 22.7 Å². The Morgan fingerprint density at radius 3 is 2.09 bits per heavy atom. The summed E-state index contributed by atoms with van der Waals surface area (Å²) in [4.78, 5) is 10.3. The Balaban J connectivity index is 1.13. The first-order chi connectivity index (χ1) is 22.3. The molecule has 2 N–H and O–H groups in total. The van der Waals surface area contributed by atoms with Gasteiger partial charge < -0.3 is 15.1 Å². The number of benzene rings is 6. The Bertz CT molecular complexity index is 2350. The standard InChI is InChI=1S/C40H28N4O/c1-2-10-27(11-3-1)38-42-39(32-17-15-26-9-5-7-13-29(26)23-32)44-40(43-38)37-36-33-19-18-31(24-35(33)45-34(36)20-21-41-37)30-16-14-25-8-4-6-12-28(25)22-30/h1-24,37,39,41H,(H,42,43,44). The van der Waals surface area contributed by atoms with E-state index >= 15 is 0 Å². The van der Waals surface area contributed by atoms with Crippen molar-refractivity contribution in [3.05, 3.63) is 162 Å². The number of aliphatic imine (C=N–C) groups is 2. The van der Waals surface area contributed by atoms with E-state index in [1.165, 1.54) is 21.5 Å². The van der Waals surface area contributed by atoms with Gasteiger partial charge in [0.05, 0.1) is 0 Å². The van der Waals surface area contributed by atoms with Crippen LogP contribution in [0.4, 0.5) is 0 Å². The lowest BCUT2D eigenvalue weighted by atomic mass is 9.96. The van der Waals surface area contributed by atoms with Gasteiger partial charge in [-0.25, -0.2) is 9.98 Å². The number of nitrogens with one attached hydrogen (secondary N) is 2. The Morgan fingerprint density at radius 2 is 1.27 bits per heavy atom. The molecule has 0 saturated carbocycles. The van der Waals surface area contributed by atoms with Gasteiger partial charge in [-0.2, -0.15) is 0 Å². The van der Waals surface area contributed by atoms with Gasteiger partial charge in [0.1, 0.15) is 29.1 Å². The van der Waals surface area contributed by atoms with Crippen LogP contribution in [0.1, 0.15) is 34.7 Å². The van der Waals surface area contributed by atoms with Crippen LogP contribution in [0.25, 0.3) is 49.7 Å². The average Bonchev–Trinajstić information content (AvgIpc) is 3.49. The lowest BCUT2D eigenvalue weighted by molar-refractivity contribution is 0.585. The second kappa shape index (κ2) is 10.4. The minimum Gasteiger partial charge on any atom is -0.456 e. The van der Waals surface area contributed by atoms with E-state index in [-0.39, 0.29) is 6.04 Å². The lowest BCUT2D eigenvalue weighted by Crippen LogP contribution is -2.43. The maximum Gasteiger partial charge on any atom is 0.169 e. The molecule has 0 aliphatic carbocycles. The summed E-state index contributed by atoms with van der Waals surface area (Å²) in [6.07, 6.45) is 3.55. The largest absolute Gasteiger partial charge is 0.456 e. The molecule has 6 aromatic carbocycles. The maximum atomic E-state index is 6.49. The smallest absolute Gasteiger partial charge is 0.169 e. The Labute approximate surface area is 260 Å². The maximum absolute atomic E-state index is 6.49. The van der Waals surface area contributed by atoms with Crippen LogP contribution in [-0.4, -0.2) is 11.7 Å². The van der Waals surface area contributed by atoms with Gasteiger partial charge in [-0.15, -0.1) is 0 Å². The summed E-state index contributed by atoms with van der Waals surface area (Å²) in [7, 11) is 0. The van der Waals surface area contributed by atoms with E-state index in [0.717, 1.165) is 56.2 Å². The first-order valence-electron chi connectivity index (χ1n) is 15.2. The predicted molar refractivity (Wildman–Crippen MR) is 184 cm³/mol. The molecule has 45 heavy (non-hydrogen) atoms. The number of nitrogens with zero attached hydrogens (tertiary/aromatic N) is 2. The van der Waals surface area contributed by atoms with Gasteiger partial charge in [-0.05, 0) is 62.5 Å². The van der Waals surface area contributed by atoms with Crippen molar-refractivity contribution in [3.8, 4) is 11.1 Å². The summed E-state index contributed by atoms with van der Waals surface area (Å²) in [6, 6.07) is 46.4. The number of hydrogen-bond donors (Lipinski definition) is 2. The minimum atomic E-state index is -0.394. The molecule has 0 amide bonds. The monoisotopic (exact) mass is 580 g/mol. The highest BCUT2D eigenvalue weighted by Gasteiger charge is 2.31. The SMILES string of the molecule is C1=Cc2oc3cc(-c4ccc5ccccc5c4)ccc3c2C(C2=NC(c3ccc4ccccc4c3)N=C(c3ccccc3)N2)N1. The Hall–Kier alpha value is -5.94. The van der Waals surface area contributed by atoms with Crippen LogP contribution < -0.4 is 10.6 Å². The van der Waals surface area contributed by atoms with Crippen LogP contribution in [0, 0.1) is 0 Å². The van der Waals surface area contributed by atoms with E-state index in [4.69, 9.17) is 14.4 Å². The van der Waals surface area contributed by atoms with Gasteiger partial charge in [-0.1, -0.05) is 115 Å². The number of furan rings is 1. The molecule has 3 heterocycles. The highest BCUT2D eigenvalue weighted by molar-refractivity contribution is 6.13. The Kier molecular flexibility index (Phi) is 5.88. The van der Waals surface area contributed by atoms with Gasteiger partial charge in [0.25, 0.3) is 0 Å². The van der Waals surface area contributed by atoms with Crippen molar-refractivity contribution in [1.29, 1.82) is 0 Å². The van der Waals surface area contributed by atoms with Gasteiger partial charge in [-0.3, -0.25) is 0 Å². The van der Waals surface area contributed by atoms with Crippen LogP contribution in [-0.2, 0) is 0 Å². The zero-order valence-electron chi connectivity index (χ0n) is 24.3. The molecule has 5 heteroatoms. The quantitative estimate of drug-likeness (QED) is 0.218. The third kappa shape index (κ3) is 4.48. The fourth-order valence-electron chi connectivity index (χ4n) is 6.50. The van der Waals surface area contributed by atoms with Crippen molar-refractivity contribution < 1.29 is 4.42 Å². The van der Waals surface area contributed by atoms with Crippen LogP contribution in [0.5, 0.6) is 0 Å². The van der Waals surface area contributed by atoms with Gasteiger partial charge in [0.2, 0.25) is 0 Å². The van der Waals surface area contributed by atoms with Crippen LogP contribution in [0.15, 0.2) is 154 Å². The molecule has 5 nitrogen and oxygen atoms in total. The summed E-state index contributed by atoms with van der Waals surface area (Å²) in [6.45, 7) is 0. The molecule has 2 unspecified atom stereocenters. The molecule has 0 radical (unpaired) electrons. The van der Waals surface area contributed by atoms with Crippen molar-refractivity contribution in [2.45, 2.75) is 12.2 Å². The lowest BCUT2D eigenvalue weighted by Gasteiger charge is -2.28. The molecule has 1 aromatic heterocycles. The zero-order chi connectivity index (χ0) is 29.7. The molecule has 0 bridgehead atoms. The van der Waals surface area contributed by atoms with Gasteiger partial charge >= 0.3 is 0 Å². The van der Waals surface area contributed by atoms with Gasteiger partial charge in [0.15, 0.2) is 6.17 Å². The molecule has 2 aliphatic heterocycles. The van der Waals surface area contributed by atoms with Crippen LogP contribution in [0.2, 0.25) is 0 Å². The number of amidine groups is 2. The average molecular weight is 581 g/mol. The minimum absolute atomic E-state index is 0.241. The van der Waals surface area contributed by atoms with Crippen molar-refractivity contribution in [2.24, 2.45) is 9.98 Å². The van der Waals surface area contributed by atoms with Crippen molar-refractivity contribution in [1.82, 2.24) is 10.6 Å². The van der Waals surface area contributed by atoms with Crippen LogP contribution in [0.3, 0.4) is 0 Å². The molecule has 2 aliphatic rings. The molecule has 214 valence electrons. The van der Waals surface area contributed by atoms with Crippen molar-refractivity contribution in [3.63, 3.8) is 0 Å². The topological polar surface area (TPSA) is 61.9 Å². The summed E-state index contributed by atoms with van der Waals surface area (Å²) >= 11 is 0. The van der Waals surface area contributed by atoms with Crippen LogP contribution >= 0.6 is 0 Å². The summed E-state index contributed by atoms with van der Waals surface area (Å²) < 4.78 is 6.49. The number of fused-ring (bicyclic) bond motifs is 5.